The fraction of sp³-hybridized carbons (Fsp3) is 0.941. The van der Waals surface area contributed by atoms with Gasteiger partial charge in [-0.1, -0.05) is 27.2 Å². The van der Waals surface area contributed by atoms with Gasteiger partial charge in [0.15, 0.2) is 0 Å². The van der Waals surface area contributed by atoms with E-state index in [9.17, 15) is 4.79 Å². The van der Waals surface area contributed by atoms with E-state index in [4.69, 9.17) is 0 Å². The van der Waals surface area contributed by atoms with E-state index in [0.717, 1.165) is 25.6 Å². The van der Waals surface area contributed by atoms with Gasteiger partial charge in [-0.3, -0.25) is 4.79 Å². The lowest BCUT2D eigenvalue weighted by Crippen LogP contribution is -2.42. The molecule has 1 heterocycles. The molecule has 124 valence electrons. The van der Waals surface area contributed by atoms with E-state index in [2.05, 4.69) is 42.9 Å². The van der Waals surface area contributed by atoms with Crippen molar-refractivity contribution < 1.29 is 4.79 Å². The Morgan fingerprint density at radius 2 is 2.00 bits per heavy atom. The van der Waals surface area contributed by atoms with Gasteiger partial charge in [0, 0.05) is 38.6 Å². The molecule has 0 aliphatic carbocycles. The number of carbonyl (C=O) groups excluding carboxylic acids is 1. The molecule has 0 bridgehead atoms. The van der Waals surface area contributed by atoms with Crippen molar-refractivity contribution in [2.24, 2.45) is 5.92 Å². The van der Waals surface area contributed by atoms with Gasteiger partial charge in [-0.05, 0) is 38.8 Å². The van der Waals surface area contributed by atoms with Crippen LogP contribution in [0.25, 0.3) is 0 Å². The molecule has 1 saturated heterocycles. The Morgan fingerprint density at radius 3 is 2.57 bits per heavy atom. The number of piperidine rings is 1. The highest BCUT2D eigenvalue weighted by molar-refractivity contribution is 5.76. The summed E-state index contributed by atoms with van der Waals surface area (Å²) in [5, 5.41) is 3.32. The zero-order valence-electron chi connectivity index (χ0n) is 14.5. The molecule has 21 heavy (non-hydrogen) atoms. The predicted molar refractivity (Wildman–Crippen MR) is 89.5 cm³/mol. The van der Waals surface area contributed by atoms with Crippen LogP contribution in [-0.4, -0.2) is 61.5 Å². The van der Waals surface area contributed by atoms with Crippen molar-refractivity contribution in [3.05, 3.63) is 0 Å². The minimum atomic E-state index is 0.320. The van der Waals surface area contributed by atoms with Gasteiger partial charge < -0.3 is 15.1 Å². The summed E-state index contributed by atoms with van der Waals surface area (Å²) >= 11 is 0. The smallest absolute Gasteiger partial charge is 0.223 e. The van der Waals surface area contributed by atoms with Crippen molar-refractivity contribution in [3.63, 3.8) is 0 Å². The van der Waals surface area contributed by atoms with E-state index in [-0.39, 0.29) is 0 Å². The lowest BCUT2D eigenvalue weighted by atomic mass is 9.96. The monoisotopic (exact) mass is 297 g/mol. The van der Waals surface area contributed by atoms with Crippen molar-refractivity contribution in [2.45, 2.75) is 58.9 Å². The average Bonchev–Trinajstić information content (AvgIpc) is 2.45. The first kappa shape index (κ1) is 18.4. The van der Waals surface area contributed by atoms with Crippen LogP contribution in [0.3, 0.4) is 0 Å². The van der Waals surface area contributed by atoms with Crippen LogP contribution in [0.5, 0.6) is 0 Å². The Hall–Kier alpha value is -0.610. The first-order valence-electron chi connectivity index (χ1n) is 8.72. The third-order valence-electron chi connectivity index (χ3n) is 4.32. The fourth-order valence-corrected chi connectivity index (χ4v) is 2.95. The zero-order chi connectivity index (χ0) is 15.7. The molecule has 1 aliphatic rings. The normalized spacial score (nSPS) is 17.0. The predicted octanol–water partition coefficient (Wildman–Crippen LogP) is 2.34. The van der Waals surface area contributed by atoms with Gasteiger partial charge in [0.05, 0.1) is 0 Å². The van der Waals surface area contributed by atoms with Crippen LogP contribution in [0.2, 0.25) is 0 Å². The van der Waals surface area contributed by atoms with Crippen LogP contribution in [0.15, 0.2) is 0 Å². The molecule has 1 fully saturated rings. The van der Waals surface area contributed by atoms with Crippen LogP contribution in [0, 0.1) is 5.92 Å². The van der Waals surface area contributed by atoms with E-state index in [1.807, 2.05) is 0 Å². The quantitative estimate of drug-likeness (QED) is 0.709. The molecule has 0 unspecified atom stereocenters. The summed E-state index contributed by atoms with van der Waals surface area (Å²) in [6.45, 7) is 11.6. The van der Waals surface area contributed by atoms with Crippen molar-refractivity contribution in [2.75, 3.05) is 39.8 Å². The molecule has 0 aromatic heterocycles. The Balaban J connectivity index is 2.17. The average molecular weight is 297 g/mol. The molecular weight excluding hydrogens is 262 g/mol. The molecule has 1 aliphatic heterocycles. The third-order valence-corrected chi connectivity index (χ3v) is 4.32. The van der Waals surface area contributed by atoms with Crippen molar-refractivity contribution >= 4 is 5.91 Å². The van der Waals surface area contributed by atoms with Gasteiger partial charge in [0.1, 0.15) is 0 Å². The van der Waals surface area contributed by atoms with Crippen molar-refractivity contribution in [3.8, 4) is 0 Å². The van der Waals surface area contributed by atoms with Crippen LogP contribution >= 0.6 is 0 Å². The summed E-state index contributed by atoms with van der Waals surface area (Å²) in [6.07, 6.45) is 5.53. The number of hydrogen-bond donors (Lipinski definition) is 1. The highest BCUT2D eigenvalue weighted by atomic mass is 16.2. The van der Waals surface area contributed by atoms with Crippen LogP contribution in [-0.2, 0) is 4.79 Å². The van der Waals surface area contributed by atoms with Gasteiger partial charge in [-0.25, -0.2) is 0 Å². The summed E-state index contributed by atoms with van der Waals surface area (Å²) in [5.41, 5.74) is 0. The number of likely N-dealkylation sites (tertiary alicyclic amines) is 1. The van der Waals surface area contributed by atoms with E-state index < -0.39 is 0 Å². The van der Waals surface area contributed by atoms with Crippen LogP contribution in [0.1, 0.15) is 52.9 Å². The second kappa shape index (κ2) is 10.2. The summed E-state index contributed by atoms with van der Waals surface area (Å²) in [4.78, 5) is 16.6. The van der Waals surface area contributed by atoms with E-state index in [1.165, 1.54) is 38.8 Å². The summed E-state index contributed by atoms with van der Waals surface area (Å²) in [7, 11) is 2.23. The lowest BCUT2D eigenvalue weighted by molar-refractivity contribution is -0.132. The number of amides is 1. The summed E-state index contributed by atoms with van der Waals surface area (Å²) in [5.74, 6) is 1.09. The highest BCUT2D eigenvalue weighted by Gasteiger charge is 2.23. The maximum atomic E-state index is 12.1. The van der Waals surface area contributed by atoms with Gasteiger partial charge in [-0.15, -0.1) is 0 Å². The largest absolute Gasteiger partial charge is 0.343 e. The Labute approximate surface area is 131 Å². The summed E-state index contributed by atoms with van der Waals surface area (Å²) in [6, 6.07) is 0.460. The summed E-state index contributed by atoms with van der Waals surface area (Å²) < 4.78 is 0. The Bertz CT molecular complexity index is 286. The topological polar surface area (TPSA) is 35.6 Å². The van der Waals surface area contributed by atoms with Gasteiger partial charge in [-0.2, -0.15) is 0 Å². The second-order valence-corrected chi connectivity index (χ2v) is 6.80. The zero-order valence-corrected chi connectivity index (χ0v) is 14.5. The molecule has 4 heteroatoms. The highest BCUT2D eigenvalue weighted by Crippen LogP contribution is 2.18. The van der Waals surface area contributed by atoms with E-state index in [1.54, 1.807) is 0 Å². The van der Waals surface area contributed by atoms with Crippen LogP contribution in [0.4, 0.5) is 0 Å². The van der Waals surface area contributed by atoms with Gasteiger partial charge >= 0.3 is 0 Å². The number of hydrogen-bond acceptors (Lipinski definition) is 3. The third kappa shape index (κ3) is 7.82. The first-order chi connectivity index (χ1) is 10.0. The molecular formula is C17H35N3O. The lowest BCUT2D eigenvalue weighted by Gasteiger charge is -2.34. The maximum absolute atomic E-state index is 12.1. The van der Waals surface area contributed by atoms with Crippen LogP contribution < -0.4 is 5.32 Å². The fourth-order valence-electron chi connectivity index (χ4n) is 2.95. The molecule has 0 aromatic carbocycles. The number of unbranched alkanes of at least 4 members (excludes halogenated alkanes) is 1. The molecule has 0 spiro atoms. The standard InChI is InChI=1S/C17H35N3O/c1-5-6-11-19(4)14-16-8-12-20(13-9-16)17(21)7-10-18-15(2)3/h15-16,18H,5-14H2,1-4H3. The van der Waals surface area contributed by atoms with Gasteiger partial charge in [0.2, 0.25) is 5.91 Å². The number of nitrogens with zero attached hydrogens (tertiary/aromatic N) is 2. The van der Waals surface area contributed by atoms with Crippen molar-refractivity contribution in [1.82, 2.24) is 15.1 Å². The number of carbonyl (C=O) groups is 1. The number of nitrogens with one attached hydrogen (secondary N) is 1. The molecule has 0 atom stereocenters. The molecule has 4 nitrogen and oxygen atoms in total. The minimum Gasteiger partial charge on any atom is -0.343 e. The molecule has 0 radical (unpaired) electrons. The molecule has 1 N–H and O–H groups in total. The van der Waals surface area contributed by atoms with Gasteiger partial charge in [0.25, 0.3) is 0 Å². The molecule has 1 rings (SSSR count). The Morgan fingerprint density at radius 1 is 1.33 bits per heavy atom. The molecule has 1 amide bonds. The minimum absolute atomic E-state index is 0.320. The number of rotatable bonds is 9. The molecule has 0 saturated carbocycles. The second-order valence-electron chi connectivity index (χ2n) is 6.80. The SMILES string of the molecule is CCCCN(C)CC1CCN(C(=O)CCNC(C)C)CC1. The maximum Gasteiger partial charge on any atom is 0.223 e. The Kier molecular flexibility index (Phi) is 8.93. The molecule has 0 aromatic rings. The van der Waals surface area contributed by atoms with E-state index >= 15 is 0 Å². The van der Waals surface area contributed by atoms with E-state index in [0.29, 0.717) is 18.4 Å². The van der Waals surface area contributed by atoms with Crippen molar-refractivity contribution in [1.29, 1.82) is 0 Å². The first-order valence-corrected chi connectivity index (χ1v) is 8.72.